The summed E-state index contributed by atoms with van der Waals surface area (Å²) in [5, 5.41) is 12.2. The van der Waals surface area contributed by atoms with Gasteiger partial charge < -0.3 is 10.1 Å². The summed E-state index contributed by atoms with van der Waals surface area (Å²) >= 11 is 6.17. The van der Waals surface area contributed by atoms with Crippen molar-refractivity contribution in [2.75, 3.05) is 6.54 Å². The first-order valence-electron chi connectivity index (χ1n) is 11.9. The third-order valence-electron chi connectivity index (χ3n) is 6.02. The van der Waals surface area contributed by atoms with Gasteiger partial charge in [0.2, 0.25) is 5.91 Å². The minimum atomic E-state index is -0.550. The van der Waals surface area contributed by atoms with E-state index in [-0.39, 0.29) is 12.3 Å². The molecule has 4 aromatic rings. The number of rotatable bonds is 7. The van der Waals surface area contributed by atoms with Gasteiger partial charge in [0, 0.05) is 28.3 Å². The Morgan fingerprint density at radius 2 is 1.78 bits per heavy atom. The smallest absolute Gasteiger partial charge is 0.222 e. The fraction of sp³-hybridized carbons (Fsp3) is 0.179. The second kappa shape index (κ2) is 10.4. The predicted octanol–water partition coefficient (Wildman–Crippen LogP) is 5.25. The van der Waals surface area contributed by atoms with Crippen LogP contribution in [0.25, 0.3) is 5.69 Å². The van der Waals surface area contributed by atoms with E-state index in [1.165, 1.54) is 0 Å². The molecule has 1 unspecified atom stereocenters. The number of fused-ring (bicyclic) bond motifs is 3. The van der Waals surface area contributed by atoms with Crippen molar-refractivity contribution in [3.63, 3.8) is 0 Å². The van der Waals surface area contributed by atoms with E-state index in [9.17, 15) is 9.59 Å². The molecule has 5 rings (SSSR count). The van der Waals surface area contributed by atoms with Gasteiger partial charge in [-0.2, -0.15) is 0 Å². The van der Waals surface area contributed by atoms with Crippen molar-refractivity contribution < 1.29 is 14.3 Å². The molecule has 1 atom stereocenters. The van der Waals surface area contributed by atoms with Crippen LogP contribution >= 0.6 is 11.6 Å². The van der Waals surface area contributed by atoms with Gasteiger partial charge in [-0.25, -0.2) is 0 Å². The number of ether oxygens (including phenoxy) is 1. The lowest BCUT2D eigenvalue weighted by atomic mass is 10.00. The number of hydrogen-bond donors (Lipinski definition) is 1. The van der Waals surface area contributed by atoms with Gasteiger partial charge in [-0.15, -0.1) is 10.2 Å². The highest BCUT2D eigenvalue weighted by atomic mass is 35.5. The van der Waals surface area contributed by atoms with E-state index >= 15 is 0 Å². The number of aryl methyl sites for hydroxylation is 1. The topological polar surface area (TPSA) is 98.5 Å². The Balaban J connectivity index is 1.66. The van der Waals surface area contributed by atoms with E-state index in [1.54, 1.807) is 24.3 Å². The molecule has 0 saturated heterocycles. The summed E-state index contributed by atoms with van der Waals surface area (Å²) in [6.45, 7) is 4.28. The van der Waals surface area contributed by atoms with Crippen molar-refractivity contribution >= 4 is 29.5 Å². The predicted molar refractivity (Wildman–Crippen MR) is 141 cm³/mol. The Bertz CT molecular complexity index is 1490. The summed E-state index contributed by atoms with van der Waals surface area (Å²) in [6.07, 6.45) is 0.917. The lowest BCUT2D eigenvalue weighted by Crippen LogP contribution is -2.25. The third kappa shape index (κ3) is 5.01. The maximum atomic E-state index is 12.6. The van der Waals surface area contributed by atoms with E-state index in [2.05, 4.69) is 15.5 Å². The average molecular weight is 514 g/mol. The first-order valence-corrected chi connectivity index (χ1v) is 12.2. The quantitative estimate of drug-likeness (QED) is 0.340. The summed E-state index contributed by atoms with van der Waals surface area (Å²) in [6, 6.07) is 19.5. The zero-order valence-corrected chi connectivity index (χ0v) is 21.1. The van der Waals surface area contributed by atoms with Crippen LogP contribution in [0.1, 0.15) is 52.5 Å². The number of halogens is 1. The summed E-state index contributed by atoms with van der Waals surface area (Å²) < 4.78 is 8.05. The van der Waals surface area contributed by atoms with E-state index in [1.807, 2.05) is 60.9 Å². The molecule has 3 aromatic carbocycles. The van der Waals surface area contributed by atoms with Gasteiger partial charge in [-0.05, 0) is 68.4 Å². The lowest BCUT2D eigenvalue weighted by molar-refractivity contribution is -0.121. The maximum absolute atomic E-state index is 12.6. The molecular weight excluding hydrogens is 490 g/mol. The van der Waals surface area contributed by atoms with Crippen molar-refractivity contribution in [2.24, 2.45) is 4.99 Å². The Morgan fingerprint density at radius 1 is 1.05 bits per heavy atom. The van der Waals surface area contributed by atoms with E-state index in [4.69, 9.17) is 21.3 Å². The van der Waals surface area contributed by atoms with Gasteiger partial charge in [0.25, 0.3) is 0 Å². The zero-order valence-electron chi connectivity index (χ0n) is 20.3. The molecular formula is C28H24ClN5O3. The standard InChI is InChI=1S/C28H24ClN5O3/c1-3-30-26(36)15-24-28-33-32-17(2)34(28)25-13-12-22(37-21-10-4-18(16-35)5-11-21)14-23(25)27(31-24)19-6-8-20(29)9-7-19/h4-14,16,24H,3,15H2,1-2H3,(H,30,36). The molecule has 37 heavy (non-hydrogen) atoms. The highest BCUT2D eigenvalue weighted by molar-refractivity contribution is 6.30. The number of benzene rings is 3. The summed E-state index contributed by atoms with van der Waals surface area (Å²) in [7, 11) is 0. The first-order chi connectivity index (χ1) is 18.0. The average Bonchev–Trinajstić information content (AvgIpc) is 3.22. The van der Waals surface area contributed by atoms with Crippen LogP contribution in [0.3, 0.4) is 0 Å². The molecule has 0 radical (unpaired) electrons. The molecule has 1 aliphatic rings. The number of hydrogen-bond acceptors (Lipinski definition) is 6. The molecule has 0 aliphatic carbocycles. The van der Waals surface area contributed by atoms with Gasteiger partial charge in [0.15, 0.2) is 5.82 Å². The Labute approximate surface area is 219 Å². The highest BCUT2D eigenvalue weighted by Crippen LogP contribution is 2.35. The minimum absolute atomic E-state index is 0.118. The molecule has 186 valence electrons. The molecule has 1 N–H and O–H groups in total. The highest BCUT2D eigenvalue weighted by Gasteiger charge is 2.30. The second-order valence-electron chi connectivity index (χ2n) is 8.57. The molecule has 2 heterocycles. The Morgan fingerprint density at radius 3 is 2.49 bits per heavy atom. The van der Waals surface area contributed by atoms with E-state index in [0.29, 0.717) is 46.0 Å². The van der Waals surface area contributed by atoms with E-state index in [0.717, 1.165) is 23.1 Å². The fourth-order valence-corrected chi connectivity index (χ4v) is 4.43. The van der Waals surface area contributed by atoms with Gasteiger partial charge in [0.1, 0.15) is 29.7 Å². The first kappa shape index (κ1) is 24.4. The van der Waals surface area contributed by atoms with Gasteiger partial charge >= 0.3 is 0 Å². The third-order valence-corrected chi connectivity index (χ3v) is 6.27. The number of carbonyl (C=O) groups excluding carboxylic acids is 2. The molecule has 0 bridgehead atoms. The number of carbonyl (C=O) groups is 2. The van der Waals surface area contributed by atoms with Crippen molar-refractivity contribution in [1.82, 2.24) is 20.1 Å². The van der Waals surface area contributed by atoms with Crippen molar-refractivity contribution in [2.45, 2.75) is 26.3 Å². The van der Waals surface area contributed by atoms with Crippen molar-refractivity contribution in [3.05, 3.63) is 100 Å². The number of nitrogens with zero attached hydrogens (tertiary/aromatic N) is 4. The van der Waals surface area contributed by atoms with Crippen molar-refractivity contribution in [3.8, 4) is 17.2 Å². The van der Waals surface area contributed by atoms with Crippen LogP contribution in [-0.4, -0.2) is 39.2 Å². The van der Waals surface area contributed by atoms with Crippen molar-refractivity contribution in [1.29, 1.82) is 0 Å². The summed E-state index contributed by atoms with van der Waals surface area (Å²) in [4.78, 5) is 28.7. The number of amides is 1. The van der Waals surface area contributed by atoms with Crippen LogP contribution in [0.5, 0.6) is 11.5 Å². The molecule has 9 heteroatoms. The van der Waals surface area contributed by atoms with Crippen LogP contribution < -0.4 is 10.1 Å². The molecule has 8 nitrogen and oxygen atoms in total. The van der Waals surface area contributed by atoms with Crippen LogP contribution in [0.2, 0.25) is 5.02 Å². The second-order valence-corrected chi connectivity index (χ2v) is 9.00. The maximum Gasteiger partial charge on any atom is 0.222 e. The monoisotopic (exact) mass is 513 g/mol. The Kier molecular flexibility index (Phi) is 6.83. The summed E-state index contributed by atoms with van der Waals surface area (Å²) in [5.41, 5.74) is 3.73. The Hall–Kier alpha value is -4.30. The molecule has 1 aliphatic heterocycles. The van der Waals surface area contributed by atoms with Crippen LogP contribution in [-0.2, 0) is 4.79 Å². The lowest BCUT2D eigenvalue weighted by Gasteiger charge is -2.15. The SMILES string of the molecule is CCNC(=O)CC1N=C(c2ccc(Cl)cc2)c2cc(Oc3ccc(C=O)cc3)ccc2-n2c(C)nnc21. The molecule has 0 saturated carbocycles. The molecule has 0 spiro atoms. The number of aldehydes is 1. The van der Waals surface area contributed by atoms with E-state index < -0.39 is 6.04 Å². The normalized spacial score (nSPS) is 14.1. The van der Waals surface area contributed by atoms with Gasteiger partial charge in [0.05, 0.1) is 17.8 Å². The zero-order chi connectivity index (χ0) is 25.9. The minimum Gasteiger partial charge on any atom is -0.457 e. The van der Waals surface area contributed by atoms with Gasteiger partial charge in [-0.3, -0.25) is 19.1 Å². The molecule has 1 aromatic heterocycles. The largest absolute Gasteiger partial charge is 0.457 e. The van der Waals surface area contributed by atoms with Gasteiger partial charge in [-0.1, -0.05) is 23.7 Å². The number of aromatic nitrogens is 3. The summed E-state index contributed by atoms with van der Waals surface area (Å²) in [5.74, 6) is 2.34. The van der Waals surface area contributed by atoms with Crippen LogP contribution in [0, 0.1) is 6.92 Å². The fourth-order valence-electron chi connectivity index (χ4n) is 4.31. The van der Waals surface area contributed by atoms with Crippen LogP contribution in [0.4, 0.5) is 0 Å². The van der Waals surface area contributed by atoms with Crippen LogP contribution in [0.15, 0.2) is 71.7 Å². The number of aliphatic imine (C=N–C) groups is 1. The number of nitrogens with one attached hydrogen (secondary N) is 1. The molecule has 0 fully saturated rings. The molecule has 1 amide bonds.